The summed E-state index contributed by atoms with van der Waals surface area (Å²) in [5.41, 5.74) is 0.666. The van der Waals surface area contributed by atoms with Crippen LogP contribution < -0.4 is 5.32 Å². The third kappa shape index (κ3) is 2.68. The number of hydrogen-bond donors (Lipinski definition) is 1. The lowest BCUT2D eigenvalue weighted by Gasteiger charge is -2.19. The monoisotopic (exact) mass is 286 g/mol. The first-order valence-corrected chi connectivity index (χ1v) is 7.37. The van der Waals surface area contributed by atoms with Crippen LogP contribution in [0.3, 0.4) is 0 Å². The highest BCUT2D eigenvalue weighted by Crippen LogP contribution is 2.37. The third-order valence-electron chi connectivity index (χ3n) is 4.29. The van der Waals surface area contributed by atoms with Gasteiger partial charge in [-0.25, -0.2) is 0 Å². The van der Waals surface area contributed by atoms with Gasteiger partial charge in [-0.2, -0.15) is 0 Å². The Morgan fingerprint density at radius 1 is 1.05 bits per heavy atom. The second-order valence-corrected chi connectivity index (χ2v) is 5.67. The van der Waals surface area contributed by atoms with Gasteiger partial charge in [0.15, 0.2) is 0 Å². The smallest absolute Gasteiger partial charge is 0.244 e. The summed E-state index contributed by atoms with van der Waals surface area (Å²) in [6, 6.07) is 9.02. The van der Waals surface area contributed by atoms with E-state index < -0.39 is 0 Å². The number of hydrogen-bond acceptors (Lipinski definition) is 3. The van der Waals surface area contributed by atoms with Gasteiger partial charge in [0.05, 0.1) is 11.8 Å². The van der Waals surface area contributed by atoms with Crippen molar-refractivity contribution in [3.8, 4) is 0 Å². The molecule has 3 amide bonds. The minimum absolute atomic E-state index is 0.173. The molecular weight excluding hydrogens is 268 g/mol. The van der Waals surface area contributed by atoms with Gasteiger partial charge in [0.25, 0.3) is 0 Å². The second-order valence-electron chi connectivity index (χ2n) is 5.67. The van der Waals surface area contributed by atoms with Crippen LogP contribution in [0.4, 0.5) is 5.69 Å². The number of rotatable bonds is 3. The number of amides is 3. The molecule has 0 radical (unpaired) electrons. The van der Waals surface area contributed by atoms with Crippen LogP contribution in [0.5, 0.6) is 0 Å². The topological polar surface area (TPSA) is 66.5 Å². The molecule has 2 atom stereocenters. The number of benzene rings is 1. The molecule has 2 fully saturated rings. The summed E-state index contributed by atoms with van der Waals surface area (Å²) in [5, 5.41) is 2.71. The largest absolute Gasteiger partial charge is 0.325 e. The molecule has 5 nitrogen and oxygen atoms in total. The Kier molecular flexibility index (Phi) is 3.73. The van der Waals surface area contributed by atoms with Gasteiger partial charge in [0.2, 0.25) is 17.7 Å². The van der Waals surface area contributed by atoms with Gasteiger partial charge in [-0.3, -0.25) is 19.3 Å². The molecule has 1 saturated carbocycles. The van der Waals surface area contributed by atoms with Crippen molar-refractivity contribution < 1.29 is 14.4 Å². The average Bonchev–Trinajstić information content (AvgIpc) is 2.74. The van der Waals surface area contributed by atoms with Crippen LogP contribution in [0.2, 0.25) is 0 Å². The fourth-order valence-electron chi connectivity index (χ4n) is 3.25. The molecule has 1 aromatic rings. The van der Waals surface area contributed by atoms with Crippen molar-refractivity contribution in [2.45, 2.75) is 25.7 Å². The van der Waals surface area contributed by atoms with Crippen molar-refractivity contribution in [1.82, 2.24) is 4.90 Å². The zero-order chi connectivity index (χ0) is 14.8. The van der Waals surface area contributed by atoms with Gasteiger partial charge >= 0.3 is 0 Å². The molecule has 3 rings (SSSR count). The van der Waals surface area contributed by atoms with Gasteiger partial charge in [-0.05, 0) is 25.0 Å². The predicted molar refractivity (Wildman–Crippen MR) is 77.2 cm³/mol. The second kappa shape index (κ2) is 5.68. The van der Waals surface area contributed by atoms with E-state index in [1.165, 1.54) is 0 Å². The van der Waals surface area contributed by atoms with Crippen molar-refractivity contribution >= 4 is 23.4 Å². The van der Waals surface area contributed by atoms with Crippen LogP contribution in [0.1, 0.15) is 25.7 Å². The lowest BCUT2D eigenvalue weighted by molar-refractivity contribution is -0.142. The van der Waals surface area contributed by atoms with Crippen LogP contribution in [-0.2, 0) is 14.4 Å². The number of anilines is 1. The summed E-state index contributed by atoms with van der Waals surface area (Å²) in [7, 11) is 0. The van der Waals surface area contributed by atoms with Crippen LogP contribution in [0, 0.1) is 11.8 Å². The zero-order valence-electron chi connectivity index (χ0n) is 11.7. The van der Waals surface area contributed by atoms with Crippen molar-refractivity contribution in [2.75, 3.05) is 11.9 Å². The molecule has 2 aliphatic rings. The highest BCUT2D eigenvalue weighted by atomic mass is 16.2. The Balaban J connectivity index is 1.66. The van der Waals surface area contributed by atoms with E-state index in [0.29, 0.717) is 5.69 Å². The first-order valence-electron chi connectivity index (χ1n) is 7.37. The molecule has 5 heteroatoms. The molecule has 1 aromatic carbocycles. The average molecular weight is 286 g/mol. The molecule has 0 bridgehead atoms. The molecule has 0 spiro atoms. The molecule has 21 heavy (non-hydrogen) atoms. The van der Waals surface area contributed by atoms with Crippen LogP contribution in [0.15, 0.2) is 30.3 Å². The summed E-state index contributed by atoms with van der Waals surface area (Å²) >= 11 is 0. The van der Waals surface area contributed by atoms with E-state index in [9.17, 15) is 14.4 Å². The van der Waals surface area contributed by atoms with E-state index >= 15 is 0 Å². The summed E-state index contributed by atoms with van der Waals surface area (Å²) in [4.78, 5) is 37.7. The number of nitrogens with one attached hydrogen (secondary N) is 1. The lowest BCUT2D eigenvalue weighted by atomic mass is 9.81. The van der Waals surface area contributed by atoms with E-state index in [1.807, 2.05) is 18.2 Å². The number of para-hydroxylation sites is 1. The van der Waals surface area contributed by atoms with E-state index in [1.54, 1.807) is 12.1 Å². The van der Waals surface area contributed by atoms with Gasteiger partial charge < -0.3 is 5.32 Å². The van der Waals surface area contributed by atoms with Gasteiger partial charge in [-0.1, -0.05) is 31.0 Å². The van der Waals surface area contributed by atoms with Crippen molar-refractivity contribution in [3.63, 3.8) is 0 Å². The van der Waals surface area contributed by atoms with Crippen LogP contribution in [-0.4, -0.2) is 29.2 Å². The summed E-state index contributed by atoms with van der Waals surface area (Å²) in [6.45, 7) is -0.181. The summed E-state index contributed by atoms with van der Waals surface area (Å²) in [5.74, 6) is -1.08. The van der Waals surface area contributed by atoms with Gasteiger partial charge in [-0.15, -0.1) is 0 Å². The SMILES string of the molecule is O=C(CN1C(=O)C2CCCCC2C1=O)Nc1ccccc1. The maximum atomic E-state index is 12.3. The molecular formula is C16H18N2O3. The molecule has 1 heterocycles. The van der Waals surface area contributed by atoms with Crippen molar-refractivity contribution in [1.29, 1.82) is 0 Å². The fourth-order valence-corrected chi connectivity index (χ4v) is 3.25. The van der Waals surface area contributed by atoms with Crippen LogP contribution in [0.25, 0.3) is 0 Å². The number of likely N-dealkylation sites (tertiary alicyclic amines) is 1. The molecule has 1 aliphatic carbocycles. The van der Waals surface area contributed by atoms with Gasteiger partial charge in [0.1, 0.15) is 6.54 Å². The zero-order valence-corrected chi connectivity index (χ0v) is 11.7. The Morgan fingerprint density at radius 2 is 1.62 bits per heavy atom. The number of imide groups is 1. The molecule has 1 N–H and O–H groups in total. The number of nitrogens with zero attached hydrogens (tertiary/aromatic N) is 1. The maximum absolute atomic E-state index is 12.3. The minimum Gasteiger partial charge on any atom is -0.325 e. The normalized spacial score (nSPS) is 24.9. The Bertz CT molecular complexity index is 546. The number of carbonyl (C=O) groups excluding carboxylic acids is 3. The van der Waals surface area contributed by atoms with E-state index in [4.69, 9.17) is 0 Å². The molecule has 2 unspecified atom stereocenters. The molecule has 110 valence electrons. The quantitative estimate of drug-likeness (QED) is 0.862. The Labute approximate surface area is 123 Å². The van der Waals surface area contributed by atoms with E-state index in [2.05, 4.69) is 5.32 Å². The maximum Gasteiger partial charge on any atom is 0.244 e. The molecule has 1 saturated heterocycles. The standard InChI is InChI=1S/C16H18N2O3/c19-14(17-11-6-2-1-3-7-11)10-18-15(20)12-8-4-5-9-13(12)16(18)21/h1-3,6-7,12-13H,4-5,8-10H2,(H,17,19). The Hall–Kier alpha value is -2.17. The number of fused-ring (bicyclic) bond motifs is 1. The first-order chi connectivity index (χ1) is 10.2. The summed E-state index contributed by atoms with van der Waals surface area (Å²) in [6.07, 6.45) is 3.52. The predicted octanol–water partition coefficient (Wildman–Crippen LogP) is 1.80. The highest BCUT2D eigenvalue weighted by molar-refractivity contribution is 6.08. The van der Waals surface area contributed by atoms with Crippen LogP contribution >= 0.6 is 0 Å². The Morgan fingerprint density at radius 3 is 2.19 bits per heavy atom. The molecule has 0 aromatic heterocycles. The third-order valence-corrected chi connectivity index (χ3v) is 4.29. The van der Waals surface area contributed by atoms with Crippen molar-refractivity contribution in [2.24, 2.45) is 11.8 Å². The summed E-state index contributed by atoms with van der Waals surface area (Å²) < 4.78 is 0. The van der Waals surface area contributed by atoms with Crippen molar-refractivity contribution in [3.05, 3.63) is 30.3 Å². The van der Waals surface area contributed by atoms with E-state index in [0.717, 1.165) is 30.6 Å². The molecule has 1 aliphatic heterocycles. The lowest BCUT2D eigenvalue weighted by Crippen LogP contribution is -2.38. The number of carbonyl (C=O) groups is 3. The minimum atomic E-state index is -0.332. The first kappa shape index (κ1) is 13.8. The van der Waals surface area contributed by atoms with Gasteiger partial charge in [0, 0.05) is 5.69 Å². The van der Waals surface area contributed by atoms with E-state index in [-0.39, 0.29) is 36.1 Å². The fraction of sp³-hybridized carbons (Fsp3) is 0.438. The highest BCUT2D eigenvalue weighted by Gasteiger charge is 2.48.